The fourth-order valence-corrected chi connectivity index (χ4v) is 3.54. The molecule has 1 N–H and O–H groups in total. The van der Waals surface area contributed by atoms with Gasteiger partial charge < -0.3 is 47.9 Å². The molecule has 0 fully saturated rings. The maximum atomic E-state index is 13.6. The zero-order chi connectivity index (χ0) is 38.2. The van der Waals surface area contributed by atoms with Gasteiger partial charge in [-0.2, -0.15) is 8.78 Å². The van der Waals surface area contributed by atoms with E-state index in [4.69, 9.17) is 49.0 Å². The van der Waals surface area contributed by atoms with E-state index in [2.05, 4.69) is 30.1 Å². The van der Waals surface area contributed by atoms with Crippen molar-refractivity contribution < 1.29 is 74.2 Å². The summed E-state index contributed by atoms with van der Waals surface area (Å²) in [5.41, 5.74) is 16.4. The van der Waals surface area contributed by atoms with Crippen molar-refractivity contribution in [1.82, 2.24) is 5.32 Å². The fourth-order valence-electron chi connectivity index (χ4n) is 3.54. The van der Waals surface area contributed by atoms with Gasteiger partial charge >= 0.3 is 5.97 Å². The molecule has 0 spiro atoms. The zero-order valence-electron chi connectivity index (χ0n) is 28.3. The van der Waals surface area contributed by atoms with Crippen LogP contribution in [0.15, 0.2) is 10.2 Å². The molecule has 0 atom stereocenters. The number of carbonyl (C=O) groups is 2. The Bertz CT molecular complexity index is 1210. The summed E-state index contributed by atoms with van der Waals surface area (Å²) in [6, 6.07) is -0.520. The monoisotopic (exact) mass is 759 g/mol. The van der Waals surface area contributed by atoms with Crippen molar-refractivity contribution in [1.29, 1.82) is 0 Å². The van der Waals surface area contributed by atoms with E-state index in [0.717, 1.165) is 0 Å². The summed E-state index contributed by atoms with van der Waals surface area (Å²) in [6.07, 6.45) is -0.592. The minimum absolute atomic E-state index is 0.00344. The van der Waals surface area contributed by atoms with Gasteiger partial charge in [-0.15, -0.1) is 0 Å². The van der Waals surface area contributed by atoms with Gasteiger partial charge in [0.25, 0.3) is 0 Å². The normalized spacial score (nSPS) is 11.5. The topological polar surface area (TPSA) is 227 Å². The summed E-state index contributed by atoms with van der Waals surface area (Å²) in [7, 11) is 0. The summed E-state index contributed by atoms with van der Waals surface area (Å²) in [6.45, 7) is 3.13. The largest absolute Gasteiger partial charge is 0.420 e. The highest BCUT2D eigenvalue weighted by Crippen LogP contribution is 2.29. The molecule has 0 saturated heterocycles. The molecule has 18 nitrogen and oxygen atoms in total. The van der Waals surface area contributed by atoms with Crippen LogP contribution in [0.25, 0.3) is 20.9 Å². The van der Waals surface area contributed by atoms with Crippen LogP contribution in [0.2, 0.25) is 0 Å². The number of nitrogens with zero attached hydrogens (tertiary/aromatic N) is 6. The summed E-state index contributed by atoms with van der Waals surface area (Å²) in [5.74, 6) is -14.8. The lowest BCUT2D eigenvalue weighted by Gasteiger charge is -2.19. The molecule has 0 unspecified atom stereocenters. The molecular weight excluding hydrogens is 717 g/mol. The predicted octanol–water partition coefficient (Wildman–Crippen LogP) is 3.31. The number of amides is 1. The molecular formula is C29H42F5N7O11. The molecule has 23 heteroatoms. The molecule has 52 heavy (non-hydrogen) atoms. The first-order chi connectivity index (χ1) is 25.2. The Balaban J connectivity index is 2.29. The average molecular weight is 760 g/mol. The number of hydrogen-bond acceptors (Lipinski definition) is 13. The van der Waals surface area contributed by atoms with Gasteiger partial charge in [0.2, 0.25) is 40.7 Å². The summed E-state index contributed by atoms with van der Waals surface area (Å²) in [5, 5.41) is 9.48. The first-order valence-corrected chi connectivity index (χ1v) is 15.9. The van der Waals surface area contributed by atoms with Crippen LogP contribution in [0.4, 0.5) is 22.0 Å². The van der Waals surface area contributed by atoms with Gasteiger partial charge in [0, 0.05) is 29.3 Å². The van der Waals surface area contributed by atoms with Crippen molar-refractivity contribution in [2.45, 2.75) is 18.9 Å². The van der Waals surface area contributed by atoms with Crippen LogP contribution in [0, 0.1) is 29.1 Å². The molecule has 1 aromatic rings. The summed E-state index contributed by atoms with van der Waals surface area (Å²) >= 11 is 0. The lowest BCUT2D eigenvalue weighted by Crippen LogP contribution is -2.42. The molecule has 0 saturated carbocycles. The van der Waals surface area contributed by atoms with E-state index in [9.17, 15) is 31.5 Å². The lowest BCUT2D eigenvalue weighted by atomic mass is 10.2. The second-order valence-electron chi connectivity index (χ2n) is 9.87. The summed E-state index contributed by atoms with van der Waals surface area (Å²) in [4.78, 5) is 29.5. The standard InChI is InChI=1S/C29H42F5N7O11/c30-24-25(31)27(33)29(28(34)26(24)32)52-23(43)2-6-45-10-9-44-5-1-22(42)39-21(19-50-17-15-48-13-11-46-7-3-37-40-35)20-51-18-16-49-14-12-47-8-4-38-41-36/h21H,1-20H2,(H,39,42). The van der Waals surface area contributed by atoms with Crippen molar-refractivity contribution in [3.05, 3.63) is 50.0 Å². The molecule has 0 aliphatic carbocycles. The van der Waals surface area contributed by atoms with E-state index in [0.29, 0.717) is 26.4 Å². The molecule has 294 valence electrons. The third-order valence-electron chi connectivity index (χ3n) is 5.97. The number of halogens is 5. The van der Waals surface area contributed by atoms with Gasteiger partial charge in [-0.25, -0.2) is 13.2 Å². The first kappa shape index (κ1) is 46.1. The minimum Gasteiger partial charge on any atom is -0.420 e. The van der Waals surface area contributed by atoms with Crippen LogP contribution in [-0.4, -0.2) is 137 Å². The quantitative estimate of drug-likeness (QED) is 0.0126. The maximum Gasteiger partial charge on any atom is 0.313 e. The van der Waals surface area contributed by atoms with Crippen LogP contribution in [0.1, 0.15) is 12.8 Å². The van der Waals surface area contributed by atoms with Gasteiger partial charge in [-0.3, -0.25) is 9.59 Å². The Morgan fingerprint density at radius 2 is 0.904 bits per heavy atom. The van der Waals surface area contributed by atoms with Crippen molar-refractivity contribution in [2.24, 2.45) is 10.2 Å². The van der Waals surface area contributed by atoms with E-state index < -0.39 is 53.3 Å². The number of hydrogen-bond donors (Lipinski definition) is 1. The van der Waals surface area contributed by atoms with E-state index in [1.807, 2.05) is 0 Å². The Morgan fingerprint density at radius 1 is 0.538 bits per heavy atom. The molecule has 1 aromatic carbocycles. The van der Waals surface area contributed by atoms with Crippen molar-refractivity contribution in [3.8, 4) is 5.75 Å². The summed E-state index contributed by atoms with van der Waals surface area (Å²) < 4.78 is 114. The zero-order valence-corrected chi connectivity index (χ0v) is 28.3. The Labute approximate surface area is 295 Å². The van der Waals surface area contributed by atoms with Gasteiger partial charge in [0.1, 0.15) is 0 Å². The van der Waals surface area contributed by atoms with Crippen molar-refractivity contribution in [2.75, 3.05) is 119 Å². The van der Waals surface area contributed by atoms with Gasteiger partial charge in [-0.1, -0.05) is 10.2 Å². The lowest BCUT2D eigenvalue weighted by molar-refractivity contribution is -0.136. The van der Waals surface area contributed by atoms with Gasteiger partial charge in [0.15, 0.2) is 0 Å². The van der Waals surface area contributed by atoms with Crippen molar-refractivity contribution in [3.63, 3.8) is 0 Å². The molecule has 0 radical (unpaired) electrons. The van der Waals surface area contributed by atoms with Gasteiger partial charge in [-0.05, 0) is 11.1 Å². The Hall–Kier alpha value is -3.89. The van der Waals surface area contributed by atoms with E-state index in [-0.39, 0.29) is 105 Å². The number of carbonyl (C=O) groups excluding carboxylic acids is 2. The SMILES string of the molecule is [N-]=[N+]=NCCOCCOCCOCC(COCCOCCOCCN=[N+]=[N-])NC(=O)CCOCCOCCC(=O)Oc1c(F)c(F)c(F)c(F)c1F. The minimum atomic E-state index is -2.38. The van der Waals surface area contributed by atoms with E-state index >= 15 is 0 Å². The smallest absolute Gasteiger partial charge is 0.313 e. The number of nitrogens with one attached hydrogen (secondary N) is 1. The van der Waals surface area contributed by atoms with Crippen LogP contribution in [-0.2, 0) is 47.5 Å². The average Bonchev–Trinajstić information content (AvgIpc) is 3.13. The molecule has 1 amide bonds. The molecule has 0 bridgehead atoms. The number of esters is 1. The highest BCUT2D eigenvalue weighted by atomic mass is 19.2. The van der Waals surface area contributed by atoms with Crippen LogP contribution < -0.4 is 10.1 Å². The van der Waals surface area contributed by atoms with E-state index in [1.165, 1.54) is 0 Å². The van der Waals surface area contributed by atoms with Gasteiger partial charge in [0.05, 0.1) is 118 Å². The second-order valence-corrected chi connectivity index (χ2v) is 9.87. The highest BCUT2D eigenvalue weighted by molar-refractivity contribution is 5.76. The number of azide groups is 2. The van der Waals surface area contributed by atoms with Crippen LogP contribution >= 0.6 is 0 Å². The van der Waals surface area contributed by atoms with Crippen molar-refractivity contribution >= 4 is 11.9 Å². The number of rotatable bonds is 33. The molecule has 0 aliphatic heterocycles. The second kappa shape index (κ2) is 30.7. The first-order valence-electron chi connectivity index (χ1n) is 15.9. The number of benzene rings is 1. The molecule has 1 rings (SSSR count). The highest BCUT2D eigenvalue weighted by Gasteiger charge is 2.28. The maximum absolute atomic E-state index is 13.6. The van der Waals surface area contributed by atoms with E-state index in [1.54, 1.807) is 0 Å². The Kier molecular flexibility index (Phi) is 27.2. The molecule has 0 aromatic heterocycles. The number of ether oxygens (including phenoxy) is 9. The van der Waals surface area contributed by atoms with Crippen LogP contribution in [0.3, 0.4) is 0 Å². The fraction of sp³-hybridized carbons (Fsp3) is 0.724. The third kappa shape index (κ3) is 22.1. The third-order valence-corrected chi connectivity index (χ3v) is 5.97. The predicted molar refractivity (Wildman–Crippen MR) is 168 cm³/mol. The Morgan fingerprint density at radius 3 is 1.35 bits per heavy atom. The van der Waals surface area contributed by atoms with Crippen LogP contribution in [0.5, 0.6) is 5.75 Å². The molecule has 0 heterocycles. The molecule has 0 aliphatic rings.